The van der Waals surface area contributed by atoms with Crippen LogP contribution in [-0.2, 0) is 18.3 Å². The molecule has 1 heterocycles. The van der Waals surface area contributed by atoms with Crippen molar-refractivity contribution in [1.82, 2.24) is 0 Å². The van der Waals surface area contributed by atoms with E-state index in [1.807, 2.05) is 0 Å². The molecule has 1 aromatic carbocycles. The Morgan fingerprint density at radius 2 is 2.00 bits per heavy atom. The topological polar surface area (TPSA) is 39.2 Å². The molecule has 0 saturated carbocycles. The summed E-state index contributed by atoms with van der Waals surface area (Å²) in [5.74, 6) is 1.01. The first-order chi connectivity index (χ1) is 9.50. The molecule has 20 heavy (non-hydrogen) atoms. The van der Waals surface area contributed by atoms with Gasteiger partial charge in [-0.05, 0) is 42.8 Å². The molecule has 2 rings (SSSR count). The number of hydrogen-bond acceptors (Lipinski definition) is 3. The van der Waals surface area contributed by atoms with Crippen molar-refractivity contribution in [3.63, 3.8) is 0 Å². The van der Waals surface area contributed by atoms with Gasteiger partial charge in [-0.25, -0.2) is 0 Å². The lowest BCUT2D eigenvalue weighted by Crippen LogP contribution is -2.09. The Morgan fingerprint density at radius 1 is 1.20 bits per heavy atom. The Hall–Kier alpha value is -1.40. The van der Waals surface area contributed by atoms with E-state index >= 15 is 0 Å². The molecular weight excluding hydrogens is 287 g/mol. The Kier molecular flexibility index (Phi) is 4.77. The summed E-state index contributed by atoms with van der Waals surface area (Å²) in [7, 11) is 0. The third kappa shape index (κ3) is 3.80. The molecule has 0 aliphatic heterocycles. The van der Waals surface area contributed by atoms with E-state index < -0.39 is 11.7 Å². The number of alkyl halides is 3. The molecule has 0 aliphatic rings. The summed E-state index contributed by atoms with van der Waals surface area (Å²) >= 11 is 1.11. The zero-order valence-corrected chi connectivity index (χ0v) is 11.4. The SMILES string of the molecule is NCCc1ccc(SCc2ccco2)c(C(F)(F)F)c1. The second-order valence-electron chi connectivity index (χ2n) is 4.23. The number of nitrogens with two attached hydrogens (primary N) is 1. The van der Waals surface area contributed by atoms with Crippen LogP contribution in [0.1, 0.15) is 16.9 Å². The van der Waals surface area contributed by atoms with Crippen LogP contribution in [0.3, 0.4) is 0 Å². The number of rotatable bonds is 5. The van der Waals surface area contributed by atoms with Crippen LogP contribution in [0.2, 0.25) is 0 Å². The maximum atomic E-state index is 13.1. The van der Waals surface area contributed by atoms with Gasteiger partial charge in [-0.1, -0.05) is 6.07 Å². The summed E-state index contributed by atoms with van der Waals surface area (Å²) in [6.07, 6.45) is -2.42. The Balaban J connectivity index is 2.22. The summed E-state index contributed by atoms with van der Waals surface area (Å²) in [6.45, 7) is 0.330. The molecule has 2 aromatic rings. The lowest BCUT2D eigenvalue weighted by Gasteiger charge is -2.13. The van der Waals surface area contributed by atoms with Gasteiger partial charge in [0.25, 0.3) is 0 Å². The van der Waals surface area contributed by atoms with Gasteiger partial charge in [0.2, 0.25) is 0 Å². The minimum Gasteiger partial charge on any atom is -0.468 e. The predicted octanol–water partition coefficient (Wildman–Crippen LogP) is 4.09. The van der Waals surface area contributed by atoms with Gasteiger partial charge >= 0.3 is 6.18 Å². The number of halogens is 3. The summed E-state index contributed by atoms with van der Waals surface area (Å²) in [6, 6.07) is 7.82. The van der Waals surface area contributed by atoms with E-state index in [0.29, 0.717) is 30.0 Å². The van der Waals surface area contributed by atoms with Gasteiger partial charge in [-0.3, -0.25) is 0 Å². The molecule has 0 saturated heterocycles. The van der Waals surface area contributed by atoms with E-state index in [-0.39, 0.29) is 4.90 Å². The molecule has 0 radical (unpaired) electrons. The largest absolute Gasteiger partial charge is 0.468 e. The summed E-state index contributed by atoms with van der Waals surface area (Å²) < 4.78 is 44.3. The first kappa shape index (κ1) is 15.0. The highest BCUT2D eigenvalue weighted by Gasteiger charge is 2.33. The van der Waals surface area contributed by atoms with Gasteiger partial charge in [0.1, 0.15) is 5.76 Å². The van der Waals surface area contributed by atoms with Crippen molar-refractivity contribution < 1.29 is 17.6 Å². The van der Waals surface area contributed by atoms with E-state index in [1.165, 1.54) is 18.4 Å². The molecule has 0 amide bonds. The van der Waals surface area contributed by atoms with Crippen LogP contribution >= 0.6 is 11.8 Å². The lowest BCUT2D eigenvalue weighted by atomic mass is 10.1. The van der Waals surface area contributed by atoms with Crippen molar-refractivity contribution in [3.8, 4) is 0 Å². The normalized spacial score (nSPS) is 11.8. The Bertz CT molecular complexity index is 552. The van der Waals surface area contributed by atoms with Crippen LogP contribution in [0.15, 0.2) is 45.9 Å². The van der Waals surface area contributed by atoms with Crippen molar-refractivity contribution in [2.45, 2.75) is 23.2 Å². The van der Waals surface area contributed by atoms with Crippen LogP contribution in [0.5, 0.6) is 0 Å². The fraction of sp³-hybridized carbons (Fsp3) is 0.286. The van der Waals surface area contributed by atoms with E-state index in [4.69, 9.17) is 10.2 Å². The third-order valence-electron chi connectivity index (χ3n) is 2.73. The molecule has 108 valence electrons. The van der Waals surface area contributed by atoms with Gasteiger partial charge in [-0.15, -0.1) is 11.8 Å². The molecule has 2 N–H and O–H groups in total. The maximum absolute atomic E-state index is 13.1. The smallest absolute Gasteiger partial charge is 0.417 e. The maximum Gasteiger partial charge on any atom is 0.417 e. The van der Waals surface area contributed by atoms with Crippen molar-refractivity contribution in [2.24, 2.45) is 5.73 Å². The molecule has 6 heteroatoms. The first-order valence-corrected chi connectivity index (χ1v) is 7.04. The van der Waals surface area contributed by atoms with Gasteiger partial charge in [-0.2, -0.15) is 13.2 Å². The van der Waals surface area contributed by atoms with Crippen molar-refractivity contribution in [3.05, 3.63) is 53.5 Å². The Labute approximate surface area is 119 Å². The number of benzene rings is 1. The molecule has 2 nitrogen and oxygen atoms in total. The third-order valence-corrected chi connectivity index (χ3v) is 3.83. The molecule has 0 aliphatic carbocycles. The lowest BCUT2D eigenvalue weighted by molar-refractivity contribution is -0.139. The van der Waals surface area contributed by atoms with Crippen molar-refractivity contribution in [2.75, 3.05) is 6.54 Å². The molecule has 1 aromatic heterocycles. The summed E-state index contributed by atoms with van der Waals surface area (Å²) in [5.41, 5.74) is 5.37. The quantitative estimate of drug-likeness (QED) is 0.845. The van der Waals surface area contributed by atoms with Crippen molar-refractivity contribution >= 4 is 11.8 Å². The molecular formula is C14H14F3NOS. The zero-order chi connectivity index (χ0) is 14.6. The minimum atomic E-state index is -4.36. The summed E-state index contributed by atoms with van der Waals surface area (Å²) in [5, 5.41) is 0. The number of hydrogen-bond donors (Lipinski definition) is 1. The number of furan rings is 1. The standard InChI is InChI=1S/C14H14F3NOS/c15-14(16,17)12-8-10(5-6-18)3-4-13(12)20-9-11-2-1-7-19-11/h1-4,7-8H,5-6,9,18H2. The van der Waals surface area contributed by atoms with E-state index in [2.05, 4.69) is 0 Å². The van der Waals surface area contributed by atoms with Crippen molar-refractivity contribution in [1.29, 1.82) is 0 Å². The Morgan fingerprint density at radius 3 is 2.60 bits per heavy atom. The van der Waals surface area contributed by atoms with Crippen LogP contribution in [0.4, 0.5) is 13.2 Å². The minimum absolute atomic E-state index is 0.203. The fourth-order valence-electron chi connectivity index (χ4n) is 1.79. The van der Waals surface area contributed by atoms with Gasteiger partial charge in [0.15, 0.2) is 0 Å². The molecule has 0 atom stereocenters. The van der Waals surface area contributed by atoms with Crippen LogP contribution in [-0.4, -0.2) is 6.54 Å². The van der Waals surface area contributed by atoms with E-state index in [0.717, 1.165) is 11.8 Å². The first-order valence-electron chi connectivity index (χ1n) is 6.06. The summed E-state index contributed by atoms with van der Waals surface area (Å²) in [4.78, 5) is 0.203. The van der Waals surface area contributed by atoms with Crippen LogP contribution in [0, 0.1) is 0 Å². The average Bonchev–Trinajstić information content (AvgIpc) is 2.89. The van der Waals surface area contributed by atoms with Gasteiger partial charge < -0.3 is 10.2 Å². The molecule has 0 spiro atoms. The molecule has 0 fully saturated rings. The van der Waals surface area contributed by atoms with Crippen LogP contribution in [0.25, 0.3) is 0 Å². The second kappa shape index (κ2) is 6.37. The van der Waals surface area contributed by atoms with E-state index in [1.54, 1.807) is 18.2 Å². The predicted molar refractivity (Wildman–Crippen MR) is 72.5 cm³/mol. The van der Waals surface area contributed by atoms with Gasteiger partial charge in [0, 0.05) is 4.90 Å². The van der Waals surface area contributed by atoms with Crippen LogP contribution < -0.4 is 5.73 Å². The highest BCUT2D eigenvalue weighted by atomic mass is 32.2. The van der Waals surface area contributed by atoms with Gasteiger partial charge in [0.05, 0.1) is 17.6 Å². The molecule has 0 unspecified atom stereocenters. The highest BCUT2D eigenvalue weighted by Crippen LogP contribution is 2.38. The second-order valence-corrected chi connectivity index (χ2v) is 5.25. The highest BCUT2D eigenvalue weighted by molar-refractivity contribution is 7.98. The fourth-order valence-corrected chi connectivity index (χ4v) is 2.75. The monoisotopic (exact) mass is 301 g/mol. The van der Waals surface area contributed by atoms with E-state index in [9.17, 15) is 13.2 Å². The molecule has 0 bridgehead atoms. The number of thioether (sulfide) groups is 1. The average molecular weight is 301 g/mol. The zero-order valence-electron chi connectivity index (χ0n) is 10.6.